The van der Waals surface area contributed by atoms with Crippen molar-refractivity contribution >= 4 is 5.69 Å². The second kappa shape index (κ2) is 4.35. The van der Waals surface area contributed by atoms with Gasteiger partial charge < -0.3 is 5.32 Å². The molecule has 1 aromatic heterocycles. The van der Waals surface area contributed by atoms with Gasteiger partial charge in [0.15, 0.2) is 0 Å². The van der Waals surface area contributed by atoms with E-state index in [9.17, 15) is 0 Å². The molecule has 19 heavy (non-hydrogen) atoms. The number of likely N-dealkylation sites (tertiary alicyclic amines) is 1. The highest BCUT2D eigenvalue weighted by atomic mass is 15.2. The van der Waals surface area contributed by atoms with Crippen molar-refractivity contribution in [2.45, 2.75) is 18.5 Å². The molecule has 2 aliphatic rings. The third kappa shape index (κ3) is 1.90. The molecule has 1 N–H and O–H groups in total. The van der Waals surface area contributed by atoms with Crippen LogP contribution in [0.15, 0.2) is 48.8 Å². The first-order chi connectivity index (χ1) is 9.40. The molecule has 2 aliphatic heterocycles. The number of benzene rings is 1. The molecular weight excluding hydrogens is 234 g/mol. The molecule has 96 valence electrons. The lowest BCUT2D eigenvalue weighted by molar-refractivity contribution is 0.323. The summed E-state index contributed by atoms with van der Waals surface area (Å²) in [5.41, 5.74) is 4.12. The number of hydrogen-bond acceptors (Lipinski definition) is 3. The highest BCUT2D eigenvalue weighted by Gasteiger charge is 2.39. The van der Waals surface area contributed by atoms with Crippen molar-refractivity contribution in [1.82, 2.24) is 9.88 Å². The molecule has 1 aromatic carbocycles. The quantitative estimate of drug-likeness (QED) is 0.888. The molecule has 3 heterocycles. The van der Waals surface area contributed by atoms with Crippen LogP contribution in [0.4, 0.5) is 5.69 Å². The maximum Gasteiger partial charge on any atom is 0.0470 e. The van der Waals surface area contributed by atoms with Crippen LogP contribution in [0, 0.1) is 0 Å². The predicted octanol–water partition coefficient (Wildman–Crippen LogP) is 2.48. The minimum absolute atomic E-state index is 0.578. The molecule has 0 radical (unpaired) electrons. The Balaban J connectivity index is 1.51. The van der Waals surface area contributed by atoms with Crippen LogP contribution in [-0.4, -0.2) is 29.0 Å². The van der Waals surface area contributed by atoms with Gasteiger partial charge in [-0.25, -0.2) is 0 Å². The largest absolute Gasteiger partial charge is 0.380 e. The van der Waals surface area contributed by atoms with Crippen LogP contribution in [0.5, 0.6) is 0 Å². The average Bonchev–Trinajstić information content (AvgIpc) is 2.97. The third-order valence-electron chi connectivity index (χ3n) is 4.23. The number of rotatable bonds is 2. The van der Waals surface area contributed by atoms with E-state index < -0.39 is 0 Å². The Morgan fingerprint density at radius 1 is 1.16 bits per heavy atom. The lowest BCUT2D eigenvalue weighted by Crippen LogP contribution is -2.25. The Morgan fingerprint density at radius 3 is 3.00 bits per heavy atom. The van der Waals surface area contributed by atoms with Crippen molar-refractivity contribution in [3.8, 4) is 0 Å². The van der Waals surface area contributed by atoms with Crippen molar-refractivity contribution < 1.29 is 0 Å². The zero-order valence-electron chi connectivity index (χ0n) is 10.8. The molecule has 2 aromatic rings. The van der Waals surface area contributed by atoms with Crippen LogP contribution in [-0.2, 0) is 6.54 Å². The number of nitrogens with one attached hydrogen (secondary N) is 1. The fourth-order valence-electron chi connectivity index (χ4n) is 3.38. The molecule has 3 nitrogen and oxygen atoms in total. The van der Waals surface area contributed by atoms with E-state index >= 15 is 0 Å². The topological polar surface area (TPSA) is 28.2 Å². The van der Waals surface area contributed by atoms with Gasteiger partial charge in [0.05, 0.1) is 0 Å². The average molecular weight is 251 g/mol. The molecule has 0 unspecified atom stereocenters. The van der Waals surface area contributed by atoms with Gasteiger partial charge in [-0.3, -0.25) is 9.88 Å². The Kier molecular flexibility index (Phi) is 2.52. The van der Waals surface area contributed by atoms with Crippen LogP contribution < -0.4 is 5.32 Å². The zero-order chi connectivity index (χ0) is 12.7. The van der Waals surface area contributed by atoms with Crippen molar-refractivity contribution in [2.75, 3.05) is 18.4 Å². The first-order valence-electron chi connectivity index (χ1n) is 6.87. The highest BCUT2D eigenvalue weighted by molar-refractivity contribution is 5.60. The fourth-order valence-corrected chi connectivity index (χ4v) is 3.38. The number of hydrogen-bond donors (Lipinski definition) is 1. The summed E-state index contributed by atoms with van der Waals surface area (Å²) in [5.74, 6) is 0.646. The number of para-hydroxylation sites is 1. The van der Waals surface area contributed by atoms with Crippen LogP contribution in [0.1, 0.15) is 17.0 Å². The first kappa shape index (κ1) is 11.0. The van der Waals surface area contributed by atoms with Gasteiger partial charge in [-0.05, 0) is 23.3 Å². The molecular formula is C16H17N3. The van der Waals surface area contributed by atoms with Gasteiger partial charge in [0.2, 0.25) is 0 Å². The van der Waals surface area contributed by atoms with Crippen LogP contribution in [0.3, 0.4) is 0 Å². The molecule has 0 saturated carbocycles. The van der Waals surface area contributed by atoms with Gasteiger partial charge in [0.25, 0.3) is 0 Å². The Hall–Kier alpha value is -1.87. The van der Waals surface area contributed by atoms with Gasteiger partial charge in [0.1, 0.15) is 0 Å². The highest BCUT2D eigenvalue weighted by Crippen LogP contribution is 2.40. The summed E-state index contributed by atoms with van der Waals surface area (Å²) < 4.78 is 0. The molecule has 0 aliphatic carbocycles. The van der Waals surface area contributed by atoms with Crippen molar-refractivity contribution in [3.05, 3.63) is 59.9 Å². The van der Waals surface area contributed by atoms with E-state index in [0.717, 1.165) is 19.6 Å². The predicted molar refractivity (Wildman–Crippen MR) is 76.1 cm³/mol. The monoisotopic (exact) mass is 251 g/mol. The second-order valence-electron chi connectivity index (χ2n) is 5.50. The van der Waals surface area contributed by atoms with E-state index in [-0.39, 0.29) is 0 Å². The summed E-state index contributed by atoms with van der Waals surface area (Å²) in [5, 5.41) is 3.65. The van der Waals surface area contributed by atoms with Crippen molar-refractivity contribution in [2.24, 2.45) is 0 Å². The summed E-state index contributed by atoms with van der Waals surface area (Å²) in [4.78, 5) is 6.72. The summed E-state index contributed by atoms with van der Waals surface area (Å²) >= 11 is 0. The normalized spacial score (nSPS) is 24.8. The molecule has 1 fully saturated rings. The van der Waals surface area contributed by atoms with Gasteiger partial charge >= 0.3 is 0 Å². The zero-order valence-corrected chi connectivity index (χ0v) is 10.8. The van der Waals surface area contributed by atoms with Gasteiger partial charge in [-0.2, -0.15) is 0 Å². The van der Waals surface area contributed by atoms with E-state index in [2.05, 4.69) is 45.5 Å². The lowest BCUT2D eigenvalue weighted by atomic mass is 9.98. The molecule has 2 atom stereocenters. The molecule has 0 bridgehead atoms. The summed E-state index contributed by atoms with van der Waals surface area (Å²) in [6.07, 6.45) is 3.80. The Labute approximate surface area is 113 Å². The van der Waals surface area contributed by atoms with E-state index in [1.807, 2.05) is 18.5 Å². The second-order valence-corrected chi connectivity index (χ2v) is 5.50. The van der Waals surface area contributed by atoms with Gasteiger partial charge in [-0.1, -0.05) is 24.3 Å². The number of pyridine rings is 1. The molecule has 0 amide bonds. The molecule has 3 heteroatoms. The number of aromatic nitrogens is 1. The number of fused-ring (bicyclic) bond motifs is 3. The molecule has 0 spiro atoms. The summed E-state index contributed by atoms with van der Waals surface area (Å²) in [6, 6.07) is 13.5. The third-order valence-corrected chi connectivity index (χ3v) is 4.23. The van der Waals surface area contributed by atoms with Crippen LogP contribution in [0.25, 0.3) is 0 Å². The number of anilines is 1. The minimum atomic E-state index is 0.578. The van der Waals surface area contributed by atoms with Crippen LogP contribution in [0.2, 0.25) is 0 Å². The van der Waals surface area contributed by atoms with Crippen LogP contribution >= 0.6 is 0 Å². The Morgan fingerprint density at radius 2 is 2.11 bits per heavy atom. The van der Waals surface area contributed by atoms with E-state index in [4.69, 9.17) is 0 Å². The molecule has 4 rings (SSSR count). The lowest BCUT2D eigenvalue weighted by Gasteiger charge is -2.17. The summed E-state index contributed by atoms with van der Waals surface area (Å²) in [7, 11) is 0. The maximum atomic E-state index is 4.19. The first-order valence-corrected chi connectivity index (χ1v) is 6.87. The standard InChI is InChI=1S/C16H17N3/c1-2-6-15-13(5-1)14-10-19(11-16(14)18-15)9-12-4-3-7-17-8-12/h1-8,14,16,18H,9-11H2/t14-,16-/m0/s1. The summed E-state index contributed by atoms with van der Waals surface area (Å²) in [6.45, 7) is 3.27. The van der Waals surface area contributed by atoms with Crippen molar-refractivity contribution in [1.29, 1.82) is 0 Å². The minimum Gasteiger partial charge on any atom is -0.380 e. The van der Waals surface area contributed by atoms with Gasteiger partial charge in [-0.15, -0.1) is 0 Å². The SMILES string of the molecule is c1cncc(CN2C[C@@H]3Nc4ccccc4[C@@H]3C2)c1. The van der Waals surface area contributed by atoms with E-state index in [1.54, 1.807) is 0 Å². The maximum absolute atomic E-state index is 4.19. The smallest absolute Gasteiger partial charge is 0.0470 e. The number of nitrogens with zero attached hydrogens (tertiary/aromatic N) is 2. The van der Waals surface area contributed by atoms with E-state index in [0.29, 0.717) is 12.0 Å². The van der Waals surface area contributed by atoms with Gasteiger partial charge in [0, 0.05) is 49.7 Å². The van der Waals surface area contributed by atoms with E-state index in [1.165, 1.54) is 16.8 Å². The fraction of sp³-hybridized carbons (Fsp3) is 0.312. The molecule has 1 saturated heterocycles. The Bertz CT molecular complexity index is 582. The van der Waals surface area contributed by atoms with Crippen molar-refractivity contribution in [3.63, 3.8) is 0 Å².